The van der Waals surface area contributed by atoms with Gasteiger partial charge < -0.3 is 10.5 Å². The minimum absolute atomic E-state index is 0.555. The zero-order valence-corrected chi connectivity index (χ0v) is 9.86. The van der Waals surface area contributed by atoms with Crippen LogP contribution < -0.4 is 10.5 Å². The molecule has 0 aliphatic carbocycles. The van der Waals surface area contributed by atoms with Gasteiger partial charge in [0.2, 0.25) is 0 Å². The summed E-state index contributed by atoms with van der Waals surface area (Å²) in [5.74, 6) is 0.555. The van der Waals surface area contributed by atoms with Crippen molar-refractivity contribution in [2.75, 3.05) is 10.5 Å². The van der Waals surface area contributed by atoms with Crippen molar-refractivity contribution in [1.82, 2.24) is 4.98 Å². The summed E-state index contributed by atoms with van der Waals surface area (Å²) >= 11 is 3.29. The van der Waals surface area contributed by atoms with E-state index in [0.717, 1.165) is 11.4 Å². The molecule has 0 spiro atoms. The van der Waals surface area contributed by atoms with Gasteiger partial charge in [-0.05, 0) is 42.5 Å². The summed E-state index contributed by atoms with van der Waals surface area (Å²) in [6, 6.07) is 7.84. The number of rotatable bonds is 3. The fourth-order valence-electron chi connectivity index (χ4n) is 1.12. The Morgan fingerprint density at radius 1 is 1.40 bits per heavy atom. The molecular formula is C10H11N3S2. The van der Waals surface area contributed by atoms with Gasteiger partial charge >= 0.3 is 0 Å². The second-order valence-electron chi connectivity index (χ2n) is 3.01. The lowest BCUT2D eigenvalue weighted by atomic mass is 10.3. The predicted molar refractivity (Wildman–Crippen MR) is 67.2 cm³/mol. The maximum Gasteiger partial charge on any atom is 0.123 e. The van der Waals surface area contributed by atoms with Gasteiger partial charge in [-0.25, -0.2) is 4.98 Å². The summed E-state index contributed by atoms with van der Waals surface area (Å²) in [6.45, 7) is 1.94. The van der Waals surface area contributed by atoms with Crippen LogP contribution in [-0.4, -0.2) is 4.98 Å². The minimum Gasteiger partial charge on any atom is -0.384 e. The number of anilines is 2. The van der Waals surface area contributed by atoms with Gasteiger partial charge in [0.25, 0.3) is 0 Å². The molecule has 2 rings (SSSR count). The quantitative estimate of drug-likeness (QED) is 0.805. The van der Waals surface area contributed by atoms with Crippen molar-refractivity contribution in [2.24, 2.45) is 0 Å². The van der Waals surface area contributed by atoms with E-state index >= 15 is 0 Å². The lowest BCUT2D eigenvalue weighted by Gasteiger charge is -2.06. The lowest BCUT2D eigenvalue weighted by Crippen LogP contribution is -1.96. The molecule has 0 aliphatic rings. The molecule has 3 nitrogen and oxygen atoms in total. The van der Waals surface area contributed by atoms with Gasteiger partial charge in [-0.15, -0.1) is 11.3 Å². The number of aromatic nitrogens is 1. The van der Waals surface area contributed by atoms with Crippen LogP contribution >= 0.6 is 23.3 Å². The molecule has 15 heavy (non-hydrogen) atoms. The maximum atomic E-state index is 5.57. The highest BCUT2D eigenvalue weighted by Gasteiger charge is 2.00. The fourth-order valence-corrected chi connectivity index (χ4v) is 2.62. The molecule has 0 unspecified atom stereocenters. The number of nitrogen functional groups attached to an aromatic ring is 1. The van der Waals surface area contributed by atoms with E-state index in [-0.39, 0.29) is 0 Å². The second kappa shape index (κ2) is 4.55. The predicted octanol–water partition coefficient (Wildman–Crippen LogP) is 3.15. The Hall–Kier alpha value is -1.20. The average molecular weight is 237 g/mol. The molecule has 0 aliphatic heterocycles. The zero-order valence-electron chi connectivity index (χ0n) is 8.23. The SMILES string of the molecule is Cc1nc(N)ccc1NSc1cccs1. The van der Waals surface area contributed by atoms with Gasteiger partial charge in [0.15, 0.2) is 0 Å². The number of hydrogen-bond acceptors (Lipinski definition) is 5. The van der Waals surface area contributed by atoms with Crippen molar-refractivity contribution in [3.8, 4) is 0 Å². The molecule has 3 N–H and O–H groups in total. The van der Waals surface area contributed by atoms with Gasteiger partial charge in [-0.3, -0.25) is 0 Å². The minimum atomic E-state index is 0.555. The van der Waals surface area contributed by atoms with Gasteiger partial charge in [-0.2, -0.15) is 0 Å². The molecule has 0 saturated heterocycles. The van der Waals surface area contributed by atoms with E-state index < -0.39 is 0 Å². The summed E-state index contributed by atoms with van der Waals surface area (Å²) in [5.41, 5.74) is 7.49. The molecular weight excluding hydrogens is 226 g/mol. The molecule has 2 aromatic heterocycles. The third-order valence-corrected chi connectivity index (χ3v) is 3.72. The molecule has 0 aromatic carbocycles. The molecule has 2 heterocycles. The first kappa shape index (κ1) is 10.3. The van der Waals surface area contributed by atoms with Crippen molar-refractivity contribution in [3.63, 3.8) is 0 Å². The van der Waals surface area contributed by atoms with Gasteiger partial charge in [0.1, 0.15) is 5.82 Å². The van der Waals surface area contributed by atoms with Crippen molar-refractivity contribution in [3.05, 3.63) is 35.3 Å². The number of nitrogens with zero attached hydrogens (tertiary/aromatic N) is 1. The first-order valence-corrected chi connectivity index (χ1v) is 6.15. The molecule has 0 bridgehead atoms. The number of hydrogen-bond donors (Lipinski definition) is 2. The average Bonchev–Trinajstić information content (AvgIpc) is 2.69. The van der Waals surface area contributed by atoms with Crippen LogP contribution in [0.4, 0.5) is 11.5 Å². The highest BCUT2D eigenvalue weighted by molar-refractivity contribution is 8.02. The van der Waals surface area contributed by atoms with Crippen molar-refractivity contribution in [2.45, 2.75) is 11.1 Å². The number of nitrogens with two attached hydrogens (primary N) is 1. The Bertz CT molecular complexity index is 440. The van der Waals surface area contributed by atoms with Crippen LogP contribution in [0.25, 0.3) is 0 Å². The van der Waals surface area contributed by atoms with Crippen LogP contribution in [0.3, 0.4) is 0 Å². The lowest BCUT2D eigenvalue weighted by molar-refractivity contribution is 1.22. The normalized spacial score (nSPS) is 10.2. The molecule has 5 heteroatoms. The molecule has 0 saturated carbocycles. The first-order valence-electron chi connectivity index (χ1n) is 4.45. The number of aryl methyl sites for hydroxylation is 1. The molecule has 0 radical (unpaired) electrons. The van der Waals surface area contributed by atoms with Crippen LogP contribution in [0.1, 0.15) is 5.69 Å². The molecule has 0 amide bonds. The highest BCUT2D eigenvalue weighted by atomic mass is 32.2. The van der Waals surface area contributed by atoms with Crippen molar-refractivity contribution < 1.29 is 0 Å². The highest BCUT2D eigenvalue weighted by Crippen LogP contribution is 2.26. The van der Waals surface area contributed by atoms with E-state index in [1.165, 1.54) is 4.21 Å². The monoisotopic (exact) mass is 237 g/mol. The summed E-state index contributed by atoms with van der Waals surface area (Å²) in [6.07, 6.45) is 0. The van der Waals surface area contributed by atoms with Crippen LogP contribution in [0.5, 0.6) is 0 Å². The summed E-state index contributed by atoms with van der Waals surface area (Å²) in [7, 11) is 0. The Labute approximate surface area is 96.9 Å². The third kappa shape index (κ3) is 2.64. The fraction of sp³-hybridized carbons (Fsp3) is 0.100. The van der Waals surface area contributed by atoms with E-state index in [1.54, 1.807) is 29.4 Å². The van der Waals surface area contributed by atoms with Crippen LogP contribution in [0.15, 0.2) is 33.9 Å². The van der Waals surface area contributed by atoms with Crippen molar-refractivity contribution >= 4 is 34.8 Å². The van der Waals surface area contributed by atoms with E-state index in [4.69, 9.17) is 5.73 Å². The van der Waals surface area contributed by atoms with Gasteiger partial charge in [-0.1, -0.05) is 6.07 Å². The Morgan fingerprint density at radius 3 is 2.93 bits per heavy atom. The van der Waals surface area contributed by atoms with Gasteiger partial charge in [0.05, 0.1) is 15.6 Å². The van der Waals surface area contributed by atoms with Crippen LogP contribution in [0, 0.1) is 6.92 Å². The number of nitrogens with one attached hydrogen (secondary N) is 1. The largest absolute Gasteiger partial charge is 0.384 e. The van der Waals surface area contributed by atoms with E-state index in [0.29, 0.717) is 5.82 Å². The topological polar surface area (TPSA) is 50.9 Å². The Balaban J connectivity index is 2.05. The van der Waals surface area contributed by atoms with Gasteiger partial charge in [0, 0.05) is 0 Å². The number of pyridine rings is 1. The summed E-state index contributed by atoms with van der Waals surface area (Å²) < 4.78 is 4.48. The third-order valence-electron chi connectivity index (χ3n) is 1.86. The molecule has 2 aromatic rings. The molecule has 0 atom stereocenters. The molecule has 78 valence electrons. The standard InChI is InChI=1S/C10H11N3S2/c1-7-8(4-5-9(11)12-7)13-15-10-3-2-6-14-10/h2-6,13H,1H3,(H2,11,12). The Morgan fingerprint density at radius 2 is 2.27 bits per heavy atom. The smallest absolute Gasteiger partial charge is 0.123 e. The Kier molecular flexibility index (Phi) is 3.13. The second-order valence-corrected chi connectivity index (χ2v) is 5.06. The van der Waals surface area contributed by atoms with Crippen molar-refractivity contribution in [1.29, 1.82) is 0 Å². The number of thiophene rings is 1. The summed E-state index contributed by atoms with van der Waals surface area (Å²) in [4.78, 5) is 4.18. The molecule has 0 fully saturated rings. The first-order chi connectivity index (χ1) is 7.25. The van der Waals surface area contributed by atoms with E-state index in [2.05, 4.69) is 21.2 Å². The maximum absolute atomic E-state index is 5.57. The zero-order chi connectivity index (χ0) is 10.7. The van der Waals surface area contributed by atoms with Crippen LogP contribution in [-0.2, 0) is 0 Å². The van der Waals surface area contributed by atoms with E-state index in [1.807, 2.05) is 19.1 Å². The summed E-state index contributed by atoms with van der Waals surface area (Å²) in [5, 5.41) is 2.05. The van der Waals surface area contributed by atoms with E-state index in [9.17, 15) is 0 Å². The van der Waals surface area contributed by atoms with Crippen LogP contribution in [0.2, 0.25) is 0 Å².